The van der Waals surface area contributed by atoms with Crippen LogP contribution in [0.4, 0.5) is 4.39 Å². The second kappa shape index (κ2) is 6.28. The molecule has 2 aromatic carbocycles. The molecule has 6 heteroatoms. The highest BCUT2D eigenvalue weighted by Crippen LogP contribution is 2.28. The van der Waals surface area contributed by atoms with Crippen molar-refractivity contribution in [3.05, 3.63) is 65.4 Å². The molecule has 0 aliphatic heterocycles. The van der Waals surface area contributed by atoms with Gasteiger partial charge in [0.05, 0.1) is 36.3 Å². The molecule has 4 N–H and O–H groups in total. The van der Waals surface area contributed by atoms with E-state index in [9.17, 15) is 4.39 Å². The summed E-state index contributed by atoms with van der Waals surface area (Å²) in [4.78, 5) is 8.63. The van der Waals surface area contributed by atoms with Crippen LogP contribution in [0.3, 0.4) is 0 Å². The van der Waals surface area contributed by atoms with Gasteiger partial charge in [0.1, 0.15) is 17.4 Å². The monoisotopic (exact) mass is 312 g/mol. The maximum Gasteiger partial charge on any atom is 0.142 e. The van der Waals surface area contributed by atoms with Crippen molar-refractivity contribution in [1.29, 1.82) is 0 Å². The first-order valence-electron chi connectivity index (χ1n) is 7.18. The number of ether oxygens (including phenoxy) is 1. The number of hydrogen-bond acceptors (Lipinski definition) is 5. The van der Waals surface area contributed by atoms with Crippen molar-refractivity contribution in [2.75, 3.05) is 7.11 Å². The number of rotatable bonds is 4. The third-order valence-electron chi connectivity index (χ3n) is 3.70. The fourth-order valence-electron chi connectivity index (χ4n) is 2.50. The molecule has 1 atom stereocenters. The third kappa shape index (κ3) is 2.86. The lowest BCUT2D eigenvalue weighted by Crippen LogP contribution is -2.17. The molecule has 0 aliphatic carbocycles. The molecule has 0 fully saturated rings. The molecule has 1 heterocycles. The maximum absolute atomic E-state index is 14.3. The molecule has 23 heavy (non-hydrogen) atoms. The van der Waals surface area contributed by atoms with Gasteiger partial charge in [-0.2, -0.15) is 0 Å². The number of aromatic nitrogens is 2. The van der Waals surface area contributed by atoms with Crippen molar-refractivity contribution in [1.82, 2.24) is 9.97 Å². The number of nitrogens with two attached hydrogens (primary N) is 2. The number of nitrogens with zero attached hydrogens (tertiary/aromatic N) is 2. The van der Waals surface area contributed by atoms with Gasteiger partial charge in [0.2, 0.25) is 0 Å². The third-order valence-corrected chi connectivity index (χ3v) is 3.70. The average Bonchev–Trinajstić information content (AvgIpc) is 2.60. The molecule has 5 nitrogen and oxygen atoms in total. The van der Waals surface area contributed by atoms with E-state index in [0.717, 1.165) is 11.3 Å². The number of benzene rings is 2. The van der Waals surface area contributed by atoms with Crippen LogP contribution in [0.25, 0.3) is 10.9 Å². The van der Waals surface area contributed by atoms with E-state index < -0.39 is 11.9 Å². The van der Waals surface area contributed by atoms with Crippen LogP contribution in [0, 0.1) is 5.82 Å². The fourth-order valence-corrected chi connectivity index (χ4v) is 2.50. The van der Waals surface area contributed by atoms with Crippen LogP contribution in [0.15, 0.2) is 42.5 Å². The maximum atomic E-state index is 14.3. The minimum atomic E-state index is -0.589. The van der Waals surface area contributed by atoms with Gasteiger partial charge in [-0.25, -0.2) is 14.4 Å². The summed E-state index contributed by atoms with van der Waals surface area (Å²) < 4.78 is 19.4. The van der Waals surface area contributed by atoms with Crippen LogP contribution in [0.1, 0.15) is 23.1 Å². The van der Waals surface area contributed by atoms with Crippen molar-refractivity contribution < 1.29 is 9.13 Å². The Labute approximate surface area is 133 Å². The average molecular weight is 312 g/mol. The van der Waals surface area contributed by atoms with E-state index in [1.165, 1.54) is 6.07 Å². The molecule has 3 rings (SSSR count). The van der Waals surface area contributed by atoms with Crippen LogP contribution in [-0.4, -0.2) is 17.1 Å². The Bertz CT molecular complexity index is 836. The van der Waals surface area contributed by atoms with Crippen LogP contribution in [0.5, 0.6) is 5.75 Å². The van der Waals surface area contributed by atoms with E-state index in [0.29, 0.717) is 22.4 Å². The van der Waals surface area contributed by atoms with Gasteiger partial charge < -0.3 is 16.2 Å². The van der Waals surface area contributed by atoms with Crippen molar-refractivity contribution in [2.24, 2.45) is 11.5 Å². The standard InChI is InChI=1S/C17H17FN4O/c1-23-11-7-5-10(6-8-11)16(20)17-15-12(18)3-2-4-13(15)21-14(9-19)22-17/h2-8,16H,9,19-20H2,1H3. The zero-order valence-corrected chi connectivity index (χ0v) is 12.7. The summed E-state index contributed by atoms with van der Waals surface area (Å²) in [5, 5.41) is 0.327. The predicted molar refractivity (Wildman–Crippen MR) is 86.4 cm³/mol. The summed E-state index contributed by atoms with van der Waals surface area (Å²) in [6.07, 6.45) is 0. The van der Waals surface area contributed by atoms with E-state index >= 15 is 0 Å². The first kappa shape index (κ1) is 15.3. The van der Waals surface area contributed by atoms with E-state index in [1.807, 2.05) is 12.1 Å². The highest BCUT2D eigenvalue weighted by Gasteiger charge is 2.18. The molecule has 0 radical (unpaired) electrons. The molecule has 118 valence electrons. The van der Waals surface area contributed by atoms with Crippen molar-refractivity contribution in [3.63, 3.8) is 0 Å². The molecule has 0 aliphatic rings. The normalized spacial score (nSPS) is 12.3. The van der Waals surface area contributed by atoms with Gasteiger partial charge in [-0.05, 0) is 29.8 Å². The highest BCUT2D eigenvalue weighted by molar-refractivity contribution is 5.82. The minimum Gasteiger partial charge on any atom is -0.497 e. The van der Waals surface area contributed by atoms with E-state index in [2.05, 4.69) is 9.97 Å². The molecule has 0 saturated heterocycles. The number of hydrogen-bond donors (Lipinski definition) is 2. The van der Waals surface area contributed by atoms with Crippen LogP contribution in [-0.2, 0) is 6.54 Å². The summed E-state index contributed by atoms with van der Waals surface area (Å²) in [6, 6.07) is 11.4. The SMILES string of the molecule is COc1ccc(C(N)c2nc(CN)nc3cccc(F)c23)cc1. The molecular formula is C17H17FN4O. The Balaban J connectivity index is 2.16. The van der Waals surface area contributed by atoms with E-state index in [1.54, 1.807) is 31.4 Å². The molecule has 3 aromatic rings. The van der Waals surface area contributed by atoms with Gasteiger partial charge in [-0.3, -0.25) is 0 Å². The summed E-state index contributed by atoms with van der Waals surface area (Å²) in [6.45, 7) is 0.161. The topological polar surface area (TPSA) is 87.0 Å². The lowest BCUT2D eigenvalue weighted by atomic mass is 10.0. The Kier molecular flexibility index (Phi) is 4.18. The largest absolute Gasteiger partial charge is 0.497 e. The van der Waals surface area contributed by atoms with Crippen LogP contribution < -0.4 is 16.2 Å². The molecular weight excluding hydrogens is 295 g/mol. The number of fused-ring (bicyclic) bond motifs is 1. The highest BCUT2D eigenvalue weighted by atomic mass is 19.1. The van der Waals surface area contributed by atoms with Gasteiger partial charge in [-0.1, -0.05) is 18.2 Å². The molecule has 0 amide bonds. The predicted octanol–water partition coefficient (Wildman–Crippen LogP) is 2.28. The second-order valence-electron chi connectivity index (χ2n) is 5.11. The van der Waals surface area contributed by atoms with Gasteiger partial charge in [-0.15, -0.1) is 0 Å². The summed E-state index contributed by atoms with van der Waals surface area (Å²) in [7, 11) is 1.59. The Morgan fingerprint density at radius 1 is 1.13 bits per heavy atom. The smallest absolute Gasteiger partial charge is 0.142 e. The van der Waals surface area contributed by atoms with Gasteiger partial charge in [0.25, 0.3) is 0 Å². The van der Waals surface area contributed by atoms with Gasteiger partial charge >= 0.3 is 0 Å². The Morgan fingerprint density at radius 3 is 2.52 bits per heavy atom. The second-order valence-corrected chi connectivity index (χ2v) is 5.11. The van der Waals surface area contributed by atoms with Crippen molar-refractivity contribution >= 4 is 10.9 Å². The zero-order valence-electron chi connectivity index (χ0n) is 12.7. The number of halogens is 1. The van der Waals surface area contributed by atoms with Gasteiger partial charge in [0.15, 0.2) is 0 Å². The van der Waals surface area contributed by atoms with Crippen molar-refractivity contribution in [2.45, 2.75) is 12.6 Å². The van der Waals surface area contributed by atoms with Crippen molar-refractivity contribution in [3.8, 4) is 5.75 Å². The fraction of sp³-hybridized carbons (Fsp3) is 0.176. The van der Waals surface area contributed by atoms with E-state index in [4.69, 9.17) is 16.2 Å². The molecule has 0 bridgehead atoms. The first-order valence-corrected chi connectivity index (χ1v) is 7.18. The Hall–Kier alpha value is -2.57. The quantitative estimate of drug-likeness (QED) is 0.772. The number of methoxy groups -OCH3 is 1. The van der Waals surface area contributed by atoms with Gasteiger partial charge in [0, 0.05) is 0 Å². The Morgan fingerprint density at radius 2 is 1.87 bits per heavy atom. The van der Waals surface area contributed by atoms with Crippen LogP contribution >= 0.6 is 0 Å². The summed E-state index contributed by atoms with van der Waals surface area (Å²) in [5.74, 6) is 0.759. The molecule has 0 saturated carbocycles. The zero-order chi connectivity index (χ0) is 16.4. The molecule has 1 aromatic heterocycles. The first-order chi connectivity index (χ1) is 11.1. The summed E-state index contributed by atoms with van der Waals surface area (Å²) in [5.41, 5.74) is 13.7. The lowest BCUT2D eigenvalue weighted by Gasteiger charge is -2.16. The summed E-state index contributed by atoms with van der Waals surface area (Å²) >= 11 is 0. The lowest BCUT2D eigenvalue weighted by molar-refractivity contribution is 0.414. The molecule has 0 spiro atoms. The molecule has 1 unspecified atom stereocenters. The van der Waals surface area contributed by atoms with Crippen LogP contribution in [0.2, 0.25) is 0 Å². The minimum absolute atomic E-state index is 0.161. The van der Waals surface area contributed by atoms with E-state index in [-0.39, 0.29) is 6.54 Å².